The lowest BCUT2D eigenvalue weighted by atomic mass is 10.2. The fraction of sp³-hybridized carbons (Fsp3) is 0.308. The third-order valence-electron chi connectivity index (χ3n) is 3.10. The van der Waals surface area contributed by atoms with Gasteiger partial charge >= 0.3 is 5.97 Å². The molecule has 0 aliphatic heterocycles. The predicted octanol–water partition coefficient (Wildman–Crippen LogP) is 2.90. The second-order valence-corrected chi connectivity index (χ2v) is 8.39. The molecular weight excluding hydrogens is 334 g/mol. The first-order valence-electron chi connectivity index (χ1n) is 6.11. The van der Waals surface area contributed by atoms with E-state index in [1.807, 2.05) is 6.07 Å². The molecule has 0 fully saturated rings. The summed E-state index contributed by atoms with van der Waals surface area (Å²) < 4.78 is 26.9. The number of carboxylic acids is 1. The third kappa shape index (κ3) is 3.06. The average Bonchev–Trinajstić information content (AvgIpc) is 2.77. The van der Waals surface area contributed by atoms with Crippen LogP contribution in [0, 0.1) is 5.92 Å². The molecule has 1 N–H and O–H groups in total. The van der Waals surface area contributed by atoms with Gasteiger partial charge in [-0.15, -0.1) is 11.3 Å². The molecule has 0 aliphatic carbocycles. The summed E-state index contributed by atoms with van der Waals surface area (Å²) in [7, 11) is -2.45. The molecule has 0 saturated heterocycles. The fourth-order valence-electron chi connectivity index (χ4n) is 1.86. The number of halogens is 1. The highest BCUT2D eigenvalue weighted by atomic mass is 35.5. The molecule has 2 rings (SSSR count). The SMILES string of the molecule is CC(CN(C)S(=O)(=O)c1sc2ccccc2c1Cl)C(=O)O. The molecule has 1 heterocycles. The lowest BCUT2D eigenvalue weighted by Crippen LogP contribution is -2.33. The number of sulfonamides is 1. The first-order valence-corrected chi connectivity index (χ1v) is 8.74. The normalized spacial score (nSPS) is 13.7. The third-order valence-corrected chi connectivity index (χ3v) is 7.21. The molecule has 0 bridgehead atoms. The van der Waals surface area contributed by atoms with Gasteiger partial charge in [0, 0.05) is 23.7 Å². The zero-order valence-electron chi connectivity index (χ0n) is 11.4. The van der Waals surface area contributed by atoms with Crippen molar-refractivity contribution in [3.63, 3.8) is 0 Å². The van der Waals surface area contributed by atoms with Gasteiger partial charge in [-0.3, -0.25) is 4.79 Å². The Kier molecular flexibility index (Phi) is 4.57. The second kappa shape index (κ2) is 5.92. The van der Waals surface area contributed by atoms with Gasteiger partial charge in [-0.2, -0.15) is 4.31 Å². The first-order chi connectivity index (χ1) is 9.75. The Balaban J connectivity index is 2.42. The number of rotatable bonds is 5. The molecule has 1 aromatic heterocycles. The van der Waals surface area contributed by atoms with Crippen molar-refractivity contribution in [1.29, 1.82) is 0 Å². The lowest BCUT2D eigenvalue weighted by Gasteiger charge is -2.18. The van der Waals surface area contributed by atoms with E-state index in [1.165, 1.54) is 14.0 Å². The van der Waals surface area contributed by atoms with E-state index < -0.39 is 21.9 Å². The van der Waals surface area contributed by atoms with Crippen LogP contribution in [0.25, 0.3) is 10.1 Å². The monoisotopic (exact) mass is 347 g/mol. The van der Waals surface area contributed by atoms with E-state index in [9.17, 15) is 13.2 Å². The minimum Gasteiger partial charge on any atom is -0.481 e. The van der Waals surface area contributed by atoms with Gasteiger partial charge in [-0.05, 0) is 6.07 Å². The van der Waals surface area contributed by atoms with Gasteiger partial charge in [0.15, 0.2) is 4.21 Å². The van der Waals surface area contributed by atoms with E-state index in [2.05, 4.69) is 0 Å². The summed E-state index contributed by atoms with van der Waals surface area (Å²) >= 11 is 7.26. The zero-order chi connectivity index (χ0) is 15.8. The molecule has 1 aromatic carbocycles. The number of fused-ring (bicyclic) bond motifs is 1. The number of carboxylic acid groups (broad SMARTS) is 1. The van der Waals surface area contributed by atoms with E-state index in [0.717, 1.165) is 20.3 Å². The van der Waals surface area contributed by atoms with Crippen molar-refractivity contribution in [1.82, 2.24) is 4.31 Å². The number of benzene rings is 1. The highest BCUT2D eigenvalue weighted by Gasteiger charge is 2.29. The van der Waals surface area contributed by atoms with Crippen molar-refractivity contribution in [2.24, 2.45) is 5.92 Å². The van der Waals surface area contributed by atoms with Crippen molar-refractivity contribution < 1.29 is 18.3 Å². The van der Waals surface area contributed by atoms with E-state index in [-0.39, 0.29) is 15.8 Å². The van der Waals surface area contributed by atoms with Crippen LogP contribution in [0.2, 0.25) is 5.02 Å². The van der Waals surface area contributed by atoms with E-state index >= 15 is 0 Å². The number of nitrogens with zero attached hydrogens (tertiary/aromatic N) is 1. The van der Waals surface area contributed by atoms with Crippen LogP contribution in [0.4, 0.5) is 0 Å². The Hall–Kier alpha value is -1.15. The molecule has 0 saturated carbocycles. The van der Waals surface area contributed by atoms with E-state index in [1.54, 1.807) is 18.2 Å². The smallest absolute Gasteiger partial charge is 0.307 e. The Morgan fingerprint density at radius 2 is 2.05 bits per heavy atom. The van der Waals surface area contributed by atoms with Crippen molar-refractivity contribution in [2.75, 3.05) is 13.6 Å². The van der Waals surface area contributed by atoms with Gasteiger partial charge < -0.3 is 5.11 Å². The molecule has 21 heavy (non-hydrogen) atoms. The standard InChI is InChI=1S/C13H14ClNO4S2/c1-8(12(16)17)7-15(2)21(18,19)13-11(14)9-5-3-4-6-10(9)20-13/h3-6,8H,7H2,1-2H3,(H,16,17). The summed E-state index contributed by atoms with van der Waals surface area (Å²) in [4.78, 5) is 10.9. The van der Waals surface area contributed by atoms with Crippen LogP contribution in [-0.2, 0) is 14.8 Å². The molecule has 114 valence electrons. The molecule has 8 heteroatoms. The topological polar surface area (TPSA) is 74.7 Å². The maximum atomic E-state index is 12.5. The van der Waals surface area contributed by atoms with Gasteiger partial charge in [0.2, 0.25) is 0 Å². The summed E-state index contributed by atoms with van der Waals surface area (Å²) in [6, 6.07) is 7.15. The summed E-state index contributed by atoms with van der Waals surface area (Å²) in [5.41, 5.74) is 0. The highest BCUT2D eigenvalue weighted by molar-refractivity contribution is 7.91. The molecule has 5 nitrogen and oxygen atoms in total. The van der Waals surface area contributed by atoms with Crippen molar-refractivity contribution in [3.05, 3.63) is 29.3 Å². The van der Waals surface area contributed by atoms with Crippen molar-refractivity contribution in [2.45, 2.75) is 11.1 Å². The minimum atomic E-state index is -3.80. The summed E-state index contributed by atoms with van der Waals surface area (Å²) in [5.74, 6) is -1.84. The van der Waals surface area contributed by atoms with Crippen LogP contribution in [0.1, 0.15) is 6.92 Å². The summed E-state index contributed by atoms with van der Waals surface area (Å²) in [5, 5.41) is 9.76. The zero-order valence-corrected chi connectivity index (χ0v) is 13.8. The van der Waals surface area contributed by atoms with Gasteiger partial charge in [-0.25, -0.2) is 8.42 Å². The van der Waals surface area contributed by atoms with Crippen LogP contribution < -0.4 is 0 Å². The Morgan fingerprint density at radius 1 is 1.43 bits per heavy atom. The predicted molar refractivity (Wildman–Crippen MR) is 83.5 cm³/mol. The number of thiophene rings is 1. The molecular formula is C13H14ClNO4S2. The number of carbonyl (C=O) groups is 1. The number of aliphatic carboxylic acids is 1. The van der Waals surface area contributed by atoms with Crippen molar-refractivity contribution >= 4 is 49.0 Å². The van der Waals surface area contributed by atoms with Gasteiger partial charge in [0.25, 0.3) is 10.0 Å². The van der Waals surface area contributed by atoms with Crippen LogP contribution >= 0.6 is 22.9 Å². The first kappa shape index (κ1) is 16.2. The van der Waals surface area contributed by atoms with Gasteiger partial charge in [0.05, 0.1) is 10.9 Å². The van der Waals surface area contributed by atoms with Crippen LogP contribution in [0.15, 0.2) is 28.5 Å². The molecule has 0 aliphatic rings. The van der Waals surface area contributed by atoms with Crippen LogP contribution in [-0.4, -0.2) is 37.4 Å². The molecule has 1 unspecified atom stereocenters. The van der Waals surface area contributed by atoms with Crippen LogP contribution in [0.5, 0.6) is 0 Å². The fourth-order valence-corrected chi connectivity index (χ4v) is 5.43. The Morgan fingerprint density at radius 3 is 2.62 bits per heavy atom. The summed E-state index contributed by atoms with van der Waals surface area (Å²) in [6.07, 6.45) is 0. The van der Waals surface area contributed by atoms with Crippen molar-refractivity contribution in [3.8, 4) is 0 Å². The largest absolute Gasteiger partial charge is 0.481 e. The van der Waals surface area contributed by atoms with Crippen LogP contribution in [0.3, 0.4) is 0 Å². The van der Waals surface area contributed by atoms with E-state index in [0.29, 0.717) is 5.39 Å². The second-order valence-electron chi connectivity index (χ2n) is 4.72. The average molecular weight is 348 g/mol. The number of hydrogen-bond donors (Lipinski definition) is 1. The molecule has 0 amide bonds. The van der Waals surface area contributed by atoms with Gasteiger partial charge in [0.1, 0.15) is 0 Å². The number of hydrogen-bond acceptors (Lipinski definition) is 4. The maximum Gasteiger partial charge on any atom is 0.307 e. The Labute approximate surface area is 131 Å². The van der Waals surface area contributed by atoms with Gasteiger partial charge in [-0.1, -0.05) is 36.7 Å². The molecule has 1 atom stereocenters. The van der Waals surface area contributed by atoms with E-state index in [4.69, 9.17) is 16.7 Å². The maximum absolute atomic E-state index is 12.5. The molecule has 2 aromatic rings. The minimum absolute atomic E-state index is 0.0467. The highest BCUT2D eigenvalue weighted by Crippen LogP contribution is 2.39. The molecule has 0 spiro atoms. The Bertz CT molecular complexity index is 785. The molecule has 0 radical (unpaired) electrons. The quantitative estimate of drug-likeness (QED) is 0.902. The lowest BCUT2D eigenvalue weighted by molar-refractivity contribution is -0.141. The summed E-state index contributed by atoms with van der Waals surface area (Å²) in [6.45, 7) is 1.35.